The molecule has 0 aromatic carbocycles. The molecule has 0 spiro atoms. The summed E-state index contributed by atoms with van der Waals surface area (Å²) in [4.78, 5) is 20.8. The van der Waals surface area contributed by atoms with Gasteiger partial charge < -0.3 is 19.8 Å². The lowest BCUT2D eigenvalue weighted by molar-refractivity contribution is 0.153. The highest BCUT2D eigenvalue weighted by atomic mass is 19.1. The van der Waals surface area contributed by atoms with Crippen molar-refractivity contribution in [1.82, 2.24) is 35.1 Å². The second-order valence-corrected chi connectivity index (χ2v) is 8.73. The molecule has 0 aliphatic heterocycles. The zero-order valence-corrected chi connectivity index (χ0v) is 19.3. The van der Waals surface area contributed by atoms with Crippen molar-refractivity contribution in [2.75, 3.05) is 5.32 Å². The van der Waals surface area contributed by atoms with Crippen molar-refractivity contribution in [3.8, 4) is 34.0 Å². The molecule has 0 aliphatic rings. The zero-order valence-electron chi connectivity index (χ0n) is 19.3. The number of fused-ring (bicyclic) bond motifs is 2. The number of halogens is 1. The molecule has 36 heavy (non-hydrogen) atoms. The molecule has 0 bridgehead atoms. The van der Waals surface area contributed by atoms with Gasteiger partial charge in [0.05, 0.1) is 47.0 Å². The number of aromatic amines is 2. The Morgan fingerprint density at radius 1 is 1.03 bits per heavy atom. The summed E-state index contributed by atoms with van der Waals surface area (Å²) in [7, 11) is 0. The van der Waals surface area contributed by atoms with Crippen molar-refractivity contribution in [2.24, 2.45) is 5.92 Å². The Balaban J connectivity index is 1.45. The standard InChI is InChI=1S/C25H21FN8O2/c1-12(2)25(35)30-15-7-14(8-27-9-15)20-19(26)18-17(10-29-20)33-34-23(18)24-31-16-3-5-28-21(22(16)32-24)13-4-6-36-11-13/h3-12,25,30,35H,1-2H3,(H,31,32)(H,33,34). The maximum Gasteiger partial charge on any atom is 0.161 e. The number of rotatable bonds is 6. The molecule has 0 saturated carbocycles. The number of H-pyrrole nitrogens is 2. The number of aromatic nitrogens is 7. The van der Waals surface area contributed by atoms with Crippen LogP contribution >= 0.6 is 0 Å². The molecule has 11 heteroatoms. The average molecular weight is 484 g/mol. The summed E-state index contributed by atoms with van der Waals surface area (Å²) in [5.41, 5.74) is 4.64. The fraction of sp³-hybridized carbons (Fsp3) is 0.160. The molecule has 10 nitrogen and oxygen atoms in total. The van der Waals surface area contributed by atoms with E-state index in [9.17, 15) is 5.11 Å². The van der Waals surface area contributed by atoms with Gasteiger partial charge in [0.15, 0.2) is 11.6 Å². The van der Waals surface area contributed by atoms with Crippen molar-refractivity contribution >= 4 is 27.6 Å². The fourth-order valence-corrected chi connectivity index (χ4v) is 3.99. The van der Waals surface area contributed by atoms with E-state index in [0.717, 1.165) is 11.1 Å². The summed E-state index contributed by atoms with van der Waals surface area (Å²) in [6, 6.07) is 5.29. The summed E-state index contributed by atoms with van der Waals surface area (Å²) in [6.07, 6.45) is 8.67. The molecule has 1 atom stereocenters. The van der Waals surface area contributed by atoms with Crippen molar-refractivity contribution in [3.63, 3.8) is 0 Å². The number of nitrogens with one attached hydrogen (secondary N) is 3. The van der Waals surface area contributed by atoms with Crippen LogP contribution in [0.4, 0.5) is 10.1 Å². The quantitative estimate of drug-likeness (QED) is 0.248. The number of imidazole rings is 1. The average Bonchev–Trinajstić information content (AvgIpc) is 3.63. The summed E-state index contributed by atoms with van der Waals surface area (Å²) < 4.78 is 21.1. The molecule has 0 saturated heterocycles. The van der Waals surface area contributed by atoms with Crippen LogP contribution in [-0.4, -0.2) is 46.5 Å². The molecule has 6 rings (SSSR count). The third-order valence-electron chi connectivity index (χ3n) is 5.92. The normalized spacial score (nSPS) is 12.6. The highest BCUT2D eigenvalue weighted by molar-refractivity contribution is 5.97. The first-order valence-corrected chi connectivity index (χ1v) is 11.3. The van der Waals surface area contributed by atoms with E-state index >= 15 is 4.39 Å². The molecule has 0 radical (unpaired) electrons. The second kappa shape index (κ2) is 8.54. The van der Waals surface area contributed by atoms with Crippen LogP contribution < -0.4 is 5.32 Å². The lowest BCUT2D eigenvalue weighted by Crippen LogP contribution is -2.24. The van der Waals surface area contributed by atoms with Gasteiger partial charge in [0.1, 0.15) is 28.8 Å². The molecule has 6 aromatic rings. The van der Waals surface area contributed by atoms with Gasteiger partial charge in [0.2, 0.25) is 0 Å². The maximum atomic E-state index is 15.9. The predicted octanol–water partition coefficient (Wildman–Crippen LogP) is 4.74. The highest BCUT2D eigenvalue weighted by Crippen LogP contribution is 2.34. The molecular formula is C25H21FN8O2. The lowest BCUT2D eigenvalue weighted by atomic mass is 10.1. The van der Waals surface area contributed by atoms with Crippen molar-refractivity contribution < 1.29 is 13.9 Å². The van der Waals surface area contributed by atoms with E-state index in [1.807, 2.05) is 13.8 Å². The topological polar surface area (TPSA) is 141 Å². The number of hydrogen-bond acceptors (Lipinski definition) is 8. The zero-order chi connectivity index (χ0) is 24.8. The summed E-state index contributed by atoms with van der Waals surface area (Å²) in [5.74, 6) is -0.187. The van der Waals surface area contributed by atoms with Crippen molar-refractivity contribution in [2.45, 2.75) is 20.1 Å². The SMILES string of the molecule is CC(C)C(O)Nc1cncc(-c2ncc3[nH]nc(-c4nc5c(-c6ccoc6)nccc5[nH]4)c3c2F)c1. The number of pyridine rings is 3. The minimum atomic E-state index is -0.766. The van der Waals surface area contributed by atoms with E-state index < -0.39 is 12.0 Å². The lowest BCUT2D eigenvalue weighted by Gasteiger charge is -2.17. The molecule has 4 N–H and O–H groups in total. The Kier molecular flexibility index (Phi) is 5.19. The number of aliphatic hydroxyl groups excluding tert-OH is 1. The van der Waals surface area contributed by atoms with Gasteiger partial charge in [-0.25, -0.2) is 9.37 Å². The van der Waals surface area contributed by atoms with E-state index in [-0.39, 0.29) is 17.0 Å². The number of hydrogen-bond donors (Lipinski definition) is 4. The Bertz CT molecular complexity index is 1690. The van der Waals surface area contributed by atoms with Crippen molar-refractivity contribution in [3.05, 3.63) is 61.3 Å². The van der Waals surface area contributed by atoms with E-state index in [2.05, 4.69) is 40.4 Å². The van der Waals surface area contributed by atoms with Crippen LogP contribution in [0.25, 0.3) is 56.0 Å². The van der Waals surface area contributed by atoms with Crippen LogP contribution in [0.5, 0.6) is 0 Å². The van der Waals surface area contributed by atoms with Gasteiger partial charge in [-0.3, -0.25) is 20.1 Å². The third-order valence-corrected chi connectivity index (χ3v) is 5.92. The van der Waals surface area contributed by atoms with E-state index in [4.69, 9.17) is 4.42 Å². The van der Waals surface area contributed by atoms with Gasteiger partial charge in [0.25, 0.3) is 0 Å². The van der Waals surface area contributed by atoms with Crippen molar-refractivity contribution in [1.29, 1.82) is 0 Å². The first kappa shape index (κ1) is 21.9. The molecule has 180 valence electrons. The Labute approximate surface area is 203 Å². The Morgan fingerprint density at radius 3 is 2.72 bits per heavy atom. The van der Waals surface area contributed by atoms with Gasteiger partial charge >= 0.3 is 0 Å². The monoisotopic (exact) mass is 484 g/mol. The highest BCUT2D eigenvalue weighted by Gasteiger charge is 2.22. The number of furan rings is 1. The molecule has 1 unspecified atom stereocenters. The number of anilines is 1. The van der Waals surface area contributed by atoms with Crippen LogP contribution in [-0.2, 0) is 0 Å². The Hall–Kier alpha value is -4.64. The molecule has 0 aliphatic carbocycles. The number of nitrogens with zero attached hydrogens (tertiary/aromatic N) is 5. The van der Waals surface area contributed by atoms with E-state index in [1.54, 1.807) is 43.1 Å². The molecule has 0 fully saturated rings. The second-order valence-electron chi connectivity index (χ2n) is 8.73. The first-order valence-electron chi connectivity index (χ1n) is 11.3. The van der Waals surface area contributed by atoms with Gasteiger partial charge in [-0.05, 0) is 24.1 Å². The van der Waals surface area contributed by atoms with Crippen LogP contribution in [0.2, 0.25) is 0 Å². The smallest absolute Gasteiger partial charge is 0.161 e. The van der Waals surface area contributed by atoms with Crippen LogP contribution in [0, 0.1) is 11.7 Å². The van der Waals surface area contributed by atoms with Crippen LogP contribution in [0.15, 0.2) is 59.9 Å². The van der Waals surface area contributed by atoms with Gasteiger partial charge in [0, 0.05) is 23.5 Å². The first-order chi connectivity index (χ1) is 17.5. The van der Waals surface area contributed by atoms with Gasteiger partial charge in [-0.1, -0.05) is 13.8 Å². The summed E-state index contributed by atoms with van der Waals surface area (Å²) >= 11 is 0. The molecule has 0 amide bonds. The van der Waals surface area contributed by atoms with Crippen LogP contribution in [0.3, 0.4) is 0 Å². The minimum absolute atomic E-state index is 0.0126. The van der Waals surface area contributed by atoms with Crippen LogP contribution in [0.1, 0.15) is 13.8 Å². The molecular weight excluding hydrogens is 463 g/mol. The summed E-state index contributed by atoms with van der Waals surface area (Å²) in [6.45, 7) is 3.77. The molecule has 6 heterocycles. The third kappa shape index (κ3) is 3.66. The largest absolute Gasteiger partial charge is 0.472 e. The maximum absolute atomic E-state index is 15.9. The summed E-state index contributed by atoms with van der Waals surface area (Å²) in [5, 5.41) is 20.5. The Morgan fingerprint density at radius 2 is 1.92 bits per heavy atom. The predicted molar refractivity (Wildman–Crippen MR) is 132 cm³/mol. The number of aliphatic hydroxyl groups is 1. The van der Waals surface area contributed by atoms with Gasteiger partial charge in [-0.2, -0.15) is 5.10 Å². The van der Waals surface area contributed by atoms with E-state index in [1.165, 1.54) is 12.4 Å². The minimum Gasteiger partial charge on any atom is -0.472 e. The molecule has 6 aromatic heterocycles. The fourth-order valence-electron chi connectivity index (χ4n) is 3.99. The van der Waals surface area contributed by atoms with Gasteiger partial charge in [-0.15, -0.1) is 0 Å². The van der Waals surface area contributed by atoms with E-state index in [0.29, 0.717) is 39.5 Å².